The minimum Gasteiger partial charge on any atom is -0.308 e. The van der Waals surface area contributed by atoms with Crippen LogP contribution in [0, 0.1) is 0 Å². The van der Waals surface area contributed by atoms with Crippen LogP contribution in [-0.2, 0) is 6.54 Å². The van der Waals surface area contributed by atoms with E-state index in [9.17, 15) is 4.79 Å². The molecule has 0 N–H and O–H groups in total. The number of halogens is 1. The molecule has 0 unspecified atom stereocenters. The Morgan fingerprint density at radius 2 is 1.83 bits per heavy atom. The number of nitrogens with zero attached hydrogens (tertiary/aromatic N) is 4. The van der Waals surface area contributed by atoms with E-state index in [2.05, 4.69) is 9.47 Å². The van der Waals surface area contributed by atoms with Gasteiger partial charge in [0.15, 0.2) is 0 Å². The second-order valence-electron chi connectivity index (χ2n) is 6.13. The Hall–Kier alpha value is -2.37. The van der Waals surface area contributed by atoms with Crippen molar-refractivity contribution in [1.82, 2.24) is 18.9 Å². The maximum Gasteiger partial charge on any atom is 0.267 e. The molecule has 0 atom stereocenters. The number of benzene rings is 2. The number of likely N-dealkylation sites (N-methyl/N-ethyl adjacent to an activating group) is 1. The minimum absolute atomic E-state index is 0.0858. The molecule has 0 aliphatic rings. The van der Waals surface area contributed by atoms with Gasteiger partial charge in [-0.3, -0.25) is 4.79 Å². The Morgan fingerprint density at radius 1 is 1.08 bits per heavy atom. The molecule has 4 rings (SSSR count). The van der Waals surface area contributed by atoms with Crippen LogP contribution in [0.2, 0.25) is 5.02 Å². The quantitative estimate of drug-likeness (QED) is 0.575. The van der Waals surface area contributed by atoms with Gasteiger partial charge < -0.3 is 9.47 Å². The molecule has 0 saturated heterocycles. The summed E-state index contributed by atoms with van der Waals surface area (Å²) in [6.07, 6.45) is 0. The van der Waals surface area contributed by atoms with Crippen LogP contribution < -0.4 is 5.56 Å². The molecule has 2 aromatic carbocycles. The third kappa shape index (κ3) is 2.20. The van der Waals surface area contributed by atoms with Gasteiger partial charge in [0.05, 0.1) is 27.0 Å². The molecule has 24 heavy (non-hydrogen) atoms. The highest BCUT2D eigenvalue weighted by Gasteiger charge is 2.16. The van der Waals surface area contributed by atoms with Gasteiger partial charge in [0.1, 0.15) is 0 Å². The fourth-order valence-corrected chi connectivity index (χ4v) is 3.29. The van der Waals surface area contributed by atoms with Gasteiger partial charge in [-0.05, 0) is 38.4 Å². The lowest BCUT2D eigenvalue weighted by Gasteiger charge is -2.11. The van der Waals surface area contributed by atoms with E-state index in [0.29, 0.717) is 21.7 Å². The van der Waals surface area contributed by atoms with Gasteiger partial charge in [-0.25, -0.2) is 9.38 Å². The second-order valence-corrected chi connectivity index (χ2v) is 6.54. The number of aromatic nitrogens is 3. The third-order valence-corrected chi connectivity index (χ3v) is 4.56. The predicted molar refractivity (Wildman–Crippen MR) is 98.0 cm³/mol. The molecule has 0 aliphatic carbocycles. The first-order valence-corrected chi connectivity index (χ1v) is 8.18. The van der Waals surface area contributed by atoms with E-state index in [1.54, 1.807) is 22.6 Å². The molecular weight excluding hydrogens is 324 g/mol. The van der Waals surface area contributed by atoms with Crippen LogP contribution in [-0.4, -0.2) is 39.5 Å². The average molecular weight is 341 g/mol. The lowest BCUT2D eigenvalue weighted by molar-refractivity contribution is 0.388. The molecule has 6 heteroatoms. The summed E-state index contributed by atoms with van der Waals surface area (Å²) in [5.74, 6) is 0.628. The van der Waals surface area contributed by atoms with Crippen LogP contribution in [0.3, 0.4) is 0 Å². The van der Waals surface area contributed by atoms with Crippen LogP contribution in [0.5, 0.6) is 0 Å². The molecule has 0 bridgehead atoms. The Kier molecular flexibility index (Phi) is 3.55. The fourth-order valence-electron chi connectivity index (χ4n) is 3.07. The third-order valence-electron chi connectivity index (χ3n) is 4.26. The van der Waals surface area contributed by atoms with Crippen LogP contribution in [0.4, 0.5) is 0 Å². The molecule has 0 amide bonds. The van der Waals surface area contributed by atoms with E-state index in [-0.39, 0.29) is 5.56 Å². The maximum atomic E-state index is 13.0. The van der Waals surface area contributed by atoms with Gasteiger partial charge >= 0.3 is 0 Å². The number of rotatable bonds is 3. The van der Waals surface area contributed by atoms with E-state index in [1.807, 2.05) is 38.4 Å². The van der Waals surface area contributed by atoms with Crippen molar-refractivity contribution in [2.75, 3.05) is 20.6 Å². The Balaban J connectivity index is 2.17. The van der Waals surface area contributed by atoms with Crippen molar-refractivity contribution in [3.63, 3.8) is 0 Å². The normalized spacial score (nSPS) is 12.0. The summed E-state index contributed by atoms with van der Waals surface area (Å²) in [4.78, 5) is 19.9. The van der Waals surface area contributed by atoms with E-state index in [1.165, 1.54) is 0 Å². The highest BCUT2D eigenvalue weighted by Crippen LogP contribution is 2.23. The summed E-state index contributed by atoms with van der Waals surface area (Å²) < 4.78 is 3.77. The topological polar surface area (TPSA) is 42.5 Å². The van der Waals surface area contributed by atoms with Gasteiger partial charge in [-0.2, -0.15) is 0 Å². The first kappa shape index (κ1) is 15.2. The summed E-state index contributed by atoms with van der Waals surface area (Å²) >= 11 is 6.28. The molecule has 5 nitrogen and oxygen atoms in total. The summed E-state index contributed by atoms with van der Waals surface area (Å²) in [5, 5.41) is 1.03. The molecule has 0 radical (unpaired) electrons. The van der Waals surface area contributed by atoms with Gasteiger partial charge in [-0.15, -0.1) is 0 Å². The average Bonchev–Trinajstić information content (AvgIpc) is 2.88. The zero-order valence-corrected chi connectivity index (χ0v) is 14.3. The van der Waals surface area contributed by atoms with Crippen molar-refractivity contribution in [3.8, 4) is 0 Å². The standard InChI is InChI=1S/C18H17ClN4O/c1-21(2)10-11-22-14-8-3-4-9-15(14)23-17(24)12-6-5-7-13(19)16(12)20-18(22)23/h3-9H,10-11H2,1-2H3. The fraction of sp³-hybridized carbons (Fsp3) is 0.222. The van der Waals surface area contributed by atoms with Gasteiger partial charge in [0.25, 0.3) is 5.56 Å². The Labute approximate surface area is 143 Å². The summed E-state index contributed by atoms with van der Waals surface area (Å²) in [5.41, 5.74) is 2.33. The lowest BCUT2D eigenvalue weighted by Crippen LogP contribution is -2.20. The zero-order chi connectivity index (χ0) is 16.8. The molecule has 122 valence electrons. The molecule has 0 spiro atoms. The SMILES string of the molecule is CN(C)CCn1c2ccccc2n2c(=O)c3cccc(Cl)c3nc12. The summed E-state index contributed by atoms with van der Waals surface area (Å²) in [6, 6.07) is 13.2. The van der Waals surface area contributed by atoms with Crippen LogP contribution in [0.1, 0.15) is 0 Å². The second kappa shape index (κ2) is 5.61. The maximum absolute atomic E-state index is 13.0. The number of para-hydroxylation sites is 3. The van der Waals surface area contributed by atoms with Crippen LogP contribution in [0.25, 0.3) is 27.7 Å². The van der Waals surface area contributed by atoms with Crippen molar-refractivity contribution in [2.24, 2.45) is 0 Å². The van der Waals surface area contributed by atoms with Gasteiger partial charge in [0.2, 0.25) is 5.78 Å². The molecule has 4 aromatic rings. The Bertz CT molecular complexity index is 1130. The monoisotopic (exact) mass is 340 g/mol. The molecule has 2 heterocycles. The Morgan fingerprint density at radius 3 is 2.58 bits per heavy atom. The summed E-state index contributed by atoms with van der Waals surface area (Å²) in [6.45, 7) is 1.59. The molecule has 0 saturated carbocycles. The van der Waals surface area contributed by atoms with Crippen LogP contribution in [0.15, 0.2) is 47.3 Å². The van der Waals surface area contributed by atoms with Crippen molar-refractivity contribution in [2.45, 2.75) is 6.54 Å². The van der Waals surface area contributed by atoms with Crippen molar-refractivity contribution >= 4 is 39.3 Å². The lowest BCUT2D eigenvalue weighted by atomic mass is 10.2. The first-order valence-electron chi connectivity index (χ1n) is 7.81. The highest BCUT2D eigenvalue weighted by atomic mass is 35.5. The van der Waals surface area contributed by atoms with Gasteiger partial charge in [0, 0.05) is 13.1 Å². The molecule has 0 aliphatic heterocycles. The van der Waals surface area contributed by atoms with E-state index >= 15 is 0 Å². The van der Waals surface area contributed by atoms with Crippen LogP contribution >= 0.6 is 11.6 Å². The minimum atomic E-state index is -0.0858. The molecule has 0 fully saturated rings. The van der Waals surface area contributed by atoms with E-state index in [0.717, 1.165) is 24.1 Å². The predicted octanol–water partition coefficient (Wildman–Crippen LogP) is 3.02. The zero-order valence-electron chi connectivity index (χ0n) is 13.5. The van der Waals surface area contributed by atoms with Crippen molar-refractivity contribution in [3.05, 3.63) is 57.8 Å². The number of hydrogen-bond acceptors (Lipinski definition) is 3. The van der Waals surface area contributed by atoms with Crippen molar-refractivity contribution in [1.29, 1.82) is 0 Å². The number of hydrogen-bond donors (Lipinski definition) is 0. The molecular formula is C18H17ClN4O. The van der Waals surface area contributed by atoms with Crippen molar-refractivity contribution < 1.29 is 0 Å². The first-order chi connectivity index (χ1) is 11.6. The van der Waals surface area contributed by atoms with Gasteiger partial charge in [-0.1, -0.05) is 29.8 Å². The van der Waals surface area contributed by atoms with E-state index in [4.69, 9.17) is 16.6 Å². The molecule has 2 aromatic heterocycles. The summed E-state index contributed by atoms with van der Waals surface area (Å²) in [7, 11) is 4.06. The smallest absolute Gasteiger partial charge is 0.267 e. The van der Waals surface area contributed by atoms with E-state index < -0.39 is 0 Å². The highest BCUT2D eigenvalue weighted by molar-refractivity contribution is 6.35. The number of imidazole rings is 1. The largest absolute Gasteiger partial charge is 0.308 e. The number of fused-ring (bicyclic) bond motifs is 4.